The number of aromatic nitrogens is 1. The van der Waals surface area contributed by atoms with Crippen molar-refractivity contribution in [3.05, 3.63) is 72.6 Å². The van der Waals surface area contributed by atoms with E-state index in [0.717, 1.165) is 11.3 Å². The van der Waals surface area contributed by atoms with Crippen LogP contribution in [0.1, 0.15) is 43.7 Å². The summed E-state index contributed by atoms with van der Waals surface area (Å²) in [4.78, 5) is 4.95. The normalized spacial score (nSPS) is 15.7. The molecule has 24 heavy (non-hydrogen) atoms. The van der Waals surface area contributed by atoms with Crippen LogP contribution in [0.3, 0.4) is 0 Å². The first-order valence-corrected chi connectivity index (χ1v) is 10.1. The van der Waals surface area contributed by atoms with E-state index in [0.29, 0.717) is 5.92 Å². The molecule has 1 fully saturated rings. The Balaban J connectivity index is 1.70. The maximum Gasteiger partial charge on any atom is 0.225 e. The average Bonchev–Trinajstić information content (AvgIpc) is 3.14. The lowest BCUT2D eigenvalue weighted by Crippen LogP contribution is -2.21. The number of nitrogens with zero attached hydrogens (tertiary/aromatic N) is 1. The Bertz CT molecular complexity index is 723. The molecular weight excluding hydrogens is 313 g/mol. The Hall–Kier alpha value is -1.92. The summed E-state index contributed by atoms with van der Waals surface area (Å²) in [5.74, 6) is 0.583. The first-order chi connectivity index (χ1) is 11.9. The highest BCUT2D eigenvalue weighted by atomic mass is 31.1. The molecule has 3 aromatic rings. The zero-order valence-electron chi connectivity index (χ0n) is 13.8. The van der Waals surface area contributed by atoms with Crippen molar-refractivity contribution < 1.29 is 4.42 Å². The number of hydrogen-bond acceptors (Lipinski definition) is 2. The van der Waals surface area contributed by atoms with E-state index in [1.807, 2.05) is 6.26 Å². The highest BCUT2D eigenvalue weighted by molar-refractivity contribution is 7.79. The van der Waals surface area contributed by atoms with Gasteiger partial charge in [0.2, 0.25) is 5.63 Å². The molecule has 0 amide bonds. The third-order valence-electron chi connectivity index (χ3n) is 4.75. The molecule has 1 heterocycles. The monoisotopic (exact) mass is 335 g/mol. The fraction of sp³-hybridized carbons (Fsp3) is 0.286. The lowest BCUT2D eigenvalue weighted by Gasteiger charge is -2.19. The lowest BCUT2D eigenvalue weighted by molar-refractivity contribution is 0.435. The number of oxazole rings is 1. The van der Waals surface area contributed by atoms with Gasteiger partial charge in [0.1, 0.15) is 6.26 Å². The molecule has 1 saturated carbocycles. The largest absolute Gasteiger partial charge is 0.444 e. The minimum atomic E-state index is -0.724. The Labute approximate surface area is 144 Å². The summed E-state index contributed by atoms with van der Waals surface area (Å²) in [6.07, 6.45) is 8.41. The molecule has 2 nitrogen and oxygen atoms in total. The first-order valence-electron chi connectivity index (χ1n) is 8.77. The van der Waals surface area contributed by atoms with Crippen molar-refractivity contribution in [3.8, 4) is 0 Å². The zero-order valence-corrected chi connectivity index (χ0v) is 14.7. The predicted molar refractivity (Wildman–Crippen MR) is 101 cm³/mol. The molecule has 0 N–H and O–H groups in total. The van der Waals surface area contributed by atoms with Crippen molar-refractivity contribution in [2.24, 2.45) is 0 Å². The van der Waals surface area contributed by atoms with Crippen LogP contribution in [0.5, 0.6) is 0 Å². The second-order valence-corrected chi connectivity index (χ2v) is 8.48. The summed E-state index contributed by atoms with van der Waals surface area (Å²) in [7, 11) is -0.724. The van der Waals surface area contributed by atoms with E-state index in [1.165, 1.54) is 42.7 Å². The summed E-state index contributed by atoms with van der Waals surface area (Å²) < 4.78 is 6.01. The van der Waals surface area contributed by atoms with E-state index < -0.39 is 7.92 Å². The van der Waals surface area contributed by atoms with Gasteiger partial charge in [-0.1, -0.05) is 79.9 Å². The zero-order chi connectivity index (χ0) is 16.2. The summed E-state index contributed by atoms with van der Waals surface area (Å²) >= 11 is 0. The Morgan fingerprint density at radius 1 is 0.792 bits per heavy atom. The smallest absolute Gasteiger partial charge is 0.225 e. The van der Waals surface area contributed by atoms with Gasteiger partial charge in [-0.3, -0.25) is 0 Å². The third kappa shape index (κ3) is 3.30. The maximum absolute atomic E-state index is 6.01. The van der Waals surface area contributed by atoms with Crippen LogP contribution < -0.4 is 16.2 Å². The van der Waals surface area contributed by atoms with Crippen LogP contribution in [0.2, 0.25) is 0 Å². The van der Waals surface area contributed by atoms with Gasteiger partial charge in [0.25, 0.3) is 0 Å². The van der Waals surface area contributed by atoms with Crippen LogP contribution in [-0.4, -0.2) is 4.98 Å². The topological polar surface area (TPSA) is 26.0 Å². The van der Waals surface area contributed by atoms with E-state index in [9.17, 15) is 0 Å². The third-order valence-corrected chi connectivity index (χ3v) is 6.97. The fourth-order valence-corrected chi connectivity index (χ4v) is 5.54. The molecule has 0 aliphatic heterocycles. The fourth-order valence-electron chi connectivity index (χ4n) is 3.49. The Morgan fingerprint density at radius 2 is 1.38 bits per heavy atom. The van der Waals surface area contributed by atoms with Gasteiger partial charge in [-0.25, -0.2) is 4.98 Å². The summed E-state index contributed by atoms with van der Waals surface area (Å²) in [5.41, 5.74) is 2.03. The summed E-state index contributed by atoms with van der Waals surface area (Å²) in [6.45, 7) is 0. The molecular formula is C21H22NOP. The number of benzene rings is 2. The van der Waals surface area contributed by atoms with E-state index in [1.54, 1.807) is 0 Å². The van der Waals surface area contributed by atoms with Crippen molar-refractivity contribution in [1.29, 1.82) is 0 Å². The lowest BCUT2D eigenvalue weighted by atomic mass is 9.87. The van der Waals surface area contributed by atoms with Gasteiger partial charge < -0.3 is 4.42 Å². The highest BCUT2D eigenvalue weighted by Crippen LogP contribution is 2.35. The van der Waals surface area contributed by atoms with Gasteiger partial charge in [-0.05, 0) is 23.5 Å². The van der Waals surface area contributed by atoms with Gasteiger partial charge in [0.15, 0.2) is 0 Å². The van der Waals surface area contributed by atoms with Crippen LogP contribution in [0, 0.1) is 0 Å². The predicted octanol–water partition coefficient (Wildman–Crippen LogP) is 4.48. The molecule has 2 aromatic carbocycles. The second kappa shape index (κ2) is 7.32. The molecule has 1 aromatic heterocycles. The van der Waals surface area contributed by atoms with E-state index in [4.69, 9.17) is 9.40 Å². The van der Waals surface area contributed by atoms with Crippen molar-refractivity contribution in [2.45, 2.75) is 38.0 Å². The van der Waals surface area contributed by atoms with Crippen LogP contribution in [-0.2, 0) is 0 Å². The molecule has 0 unspecified atom stereocenters. The standard InChI is InChI=1S/C21H22NOP/c1-4-10-17(11-5-1)20-16-23-21(22-20)24(18-12-6-2-7-13-18)19-14-8-3-9-15-19/h2-3,6-9,12-17H,1,4-5,10-11H2. The van der Waals surface area contributed by atoms with Gasteiger partial charge in [-0.2, -0.15) is 0 Å². The Morgan fingerprint density at radius 3 is 1.96 bits per heavy atom. The van der Waals surface area contributed by atoms with E-state index in [-0.39, 0.29) is 0 Å². The molecule has 0 atom stereocenters. The SMILES string of the molecule is c1ccc(P(c2ccccc2)c2nc(C3CCCCC3)co2)cc1. The second-order valence-electron chi connectivity index (χ2n) is 6.40. The Kier molecular flexibility index (Phi) is 4.76. The quantitative estimate of drug-likeness (QED) is 0.657. The summed E-state index contributed by atoms with van der Waals surface area (Å²) in [5, 5.41) is 2.58. The molecule has 3 heteroatoms. The average molecular weight is 335 g/mol. The molecule has 1 aliphatic rings. The van der Waals surface area contributed by atoms with Gasteiger partial charge in [-0.15, -0.1) is 0 Å². The number of hydrogen-bond donors (Lipinski definition) is 0. The molecule has 4 rings (SSSR count). The molecule has 0 saturated heterocycles. The van der Waals surface area contributed by atoms with Crippen molar-refractivity contribution in [3.63, 3.8) is 0 Å². The van der Waals surface area contributed by atoms with Gasteiger partial charge in [0, 0.05) is 13.8 Å². The highest BCUT2D eigenvalue weighted by Gasteiger charge is 2.24. The number of rotatable bonds is 4. The van der Waals surface area contributed by atoms with Crippen LogP contribution in [0.25, 0.3) is 0 Å². The maximum atomic E-state index is 6.01. The molecule has 1 aliphatic carbocycles. The van der Waals surface area contributed by atoms with Crippen LogP contribution >= 0.6 is 7.92 Å². The van der Waals surface area contributed by atoms with Crippen molar-refractivity contribution in [1.82, 2.24) is 4.98 Å². The summed E-state index contributed by atoms with van der Waals surface area (Å²) in [6, 6.07) is 21.2. The molecule has 0 spiro atoms. The van der Waals surface area contributed by atoms with Crippen molar-refractivity contribution >= 4 is 24.2 Å². The van der Waals surface area contributed by atoms with Crippen LogP contribution in [0.4, 0.5) is 0 Å². The molecule has 122 valence electrons. The van der Waals surface area contributed by atoms with Gasteiger partial charge in [0.05, 0.1) is 5.69 Å². The van der Waals surface area contributed by atoms with Crippen molar-refractivity contribution in [2.75, 3.05) is 0 Å². The minimum absolute atomic E-state index is 0.583. The van der Waals surface area contributed by atoms with E-state index in [2.05, 4.69) is 60.7 Å². The minimum Gasteiger partial charge on any atom is -0.444 e. The van der Waals surface area contributed by atoms with Crippen LogP contribution in [0.15, 0.2) is 71.3 Å². The van der Waals surface area contributed by atoms with Gasteiger partial charge >= 0.3 is 0 Å². The molecule has 0 radical (unpaired) electrons. The molecule has 0 bridgehead atoms. The first kappa shape index (κ1) is 15.6. The van der Waals surface area contributed by atoms with E-state index >= 15 is 0 Å².